The van der Waals surface area contributed by atoms with Crippen LogP contribution in [0.25, 0.3) is 22.0 Å². The highest BCUT2D eigenvalue weighted by Gasteiger charge is 2.17. The second-order valence-corrected chi connectivity index (χ2v) is 10.0. The summed E-state index contributed by atoms with van der Waals surface area (Å²) >= 11 is 0. The predicted molar refractivity (Wildman–Crippen MR) is 156 cm³/mol. The van der Waals surface area contributed by atoms with Crippen LogP contribution in [0.5, 0.6) is 5.88 Å². The Balaban J connectivity index is 1.25. The number of pyridine rings is 1. The van der Waals surface area contributed by atoms with Crippen LogP contribution in [0.4, 0.5) is 4.39 Å². The molecule has 0 unspecified atom stereocenters. The molecule has 0 saturated carbocycles. The summed E-state index contributed by atoms with van der Waals surface area (Å²) in [7, 11) is 0. The molecule has 2 aromatic carbocycles. The number of nitrogens with one attached hydrogen (secondary N) is 2. The van der Waals surface area contributed by atoms with Crippen LogP contribution < -0.4 is 10.1 Å². The van der Waals surface area contributed by atoms with Crippen LogP contribution >= 0.6 is 0 Å². The summed E-state index contributed by atoms with van der Waals surface area (Å²) in [5, 5.41) is 10.3. The van der Waals surface area contributed by atoms with Crippen LogP contribution in [0.2, 0.25) is 0 Å². The Labute approximate surface area is 234 Å². The Bertz CT molecular complexity index is 1440. The van der Waals surface area contributed by atoms with E-state index in [1.807, 2.05) is 59.6 Å². The smallest absolute Gasteiger partial charge is 0.240 e. The number of allylic oxidation sites excluding steroid dienone is 1. The van der Waals surface area contributed by atoms with Crippen molar-refractivity contribution in [2.24, 2.45) is 0 Å². The third kappa shape index (κ3) is 6.57. The minimum atomic E-state index is -0.511. The molecule has 40 heavy (non-hydrogen) atoms. The maximum atomic E-state index is 14.4. The number of carbonyl (C=O) groups is 1. The van der Waals surface area contributed by atoms with Gasteiger partial charge >= 0.3 is 0 Å². The van der Waals surface area contributed by atoms with Crippen molar-refractivity contribution in [1.29, 1.82) is 0 Å². The van der Waals surface area contributed by atoms with Gasteiger partial charge in [-0.1, -0.05) is 43.3 Å². The van der Waals surface area contributed by atoms with Gasteiger partial charge in [0.05, 0.1) is 10.9 Å². The number of aromatic amines is 1. The summed E-state index contributed by atoms with van der Waals surface area (Å²) in [6.45, 7) is 5.89. The van der Waals surface area contributed by atoms with E-state index in [-0.39, 0.29) is 5.91 Å². The molecular weight excluding hydrogens is 505 g/mol. The maximum Gasteiger partial charge on any atom is 0.240 e. The molecule has 0 bridgehead atoms. The molecule has 1 aliphatic rings. The normalized spacial score (nSPS) is 14.0. The Morgan fingerprint density at radius 1 is 1.02 bits per heavy atom. The Morgan fingerprint density at radius 3 is 2.58 bits per heavy atom. The van der Waals surface area contributed by atoms with Gasteiger partial charge < -0.3 is 15.0 Å². The molecule has 1 fully saturated rings. The lowest BCUT2D eigenvalue weighted by atomic mass is 9.88. The van der Waals surface area contributed by atoms with Crippen molar-refractivity contribution >= 4 is 28.0 Å². The number of H-pyrrole nitrogens is 1. The van der Waals surface area contributed by atoms with E-state index < -0.39 is 5.95 Å². The van der Waals surface area contributed by atoms with Gasteiger partial charge in [0.2, 0.25) is 17.7 Å². The van der Waals surface area contributed by atoms with Gasteiger partial charge in [-0.2, -0.15) is 4.39 Å². The van der Waals surface area contributed by atoms with Crippen LogP contribution in [-0.2, 0) is 4.79 Å². The summed E-state index contributed by atoms with van der Waals surface area (Å²) in [6, 6.07) is 19.8. The molecule has 3 heterocycles. The lowest BCUT2D eigenvalue weighted by molar-refractivity contribution is -0.130. The number of benzene rings is 2. The number of hydrogen-bond donors (Lipinski definition) is 2. The van der Waals surface area contributed by atoms with E-state index in [1.165, 1.54) is 0 Å². The molecule has 2 aromatic heterocycles. The highest BCUT2D eigenvalue weighted by Crippen LogP contribution is 2.35. The number of nitrogens with zero attached hydrogens (tertiary/aromatic N) is 3. The Morgan fingerprint density at radius 2 is 1.82 bits per heavy atom. The third-order valence-corrected chi connectivity index (χ3v) is 7.34. The van der Waals surface area contributed by atoms with Crippen LogP contribution in [0.1, 0.15) is 55.7 Å². The number of amides is 1. The van der Waals surface area contributed by atoms with Gasteiger partial charge in [0.15, 0.2) is 0 Å². The quantitative estimate of drug-likeness (QED) is 0.174. The minimum absolute atomic E-state index is 0.265. The summed E-state index contributed by atoms with van der Waals surface area (Å²) in [5.41, 5.74) is 5.74. The van der Waals surface area contributed by atoms with Gasteiger partial charge in [-0.25, -0.2) is 4.98 Å². The number of halogens is 1. The highest BCUT2D eigenvalue weighted by atomic mass is 19.1. The molecule has 0 radical (unpaired) electrons. The van der Waals surface area contributed by atoms with E-state index >= 15 is 0 Å². The molecule has 0 spiro atoms. The van der Waals surface area contributed by atoms with Crippen LogP contribution in [0.15, 0.2) is 66.9 Å². The van der Waals surface area contributed by atoms with E-state index in [0.717, 1.165) is 73.2 Å². The topological polar surface area (TPSA) is 83.1 Å². The standard InChI is InChI=1S/C32H36FN5O2/c1-2-26(23-9-4-3-5-10-23)31(24-12-14-28-27(21-24)32(33)37-36-28)25-13-15-29(35-22-25)40-20-17-34-16-8-11-30(39)38-18-6-7-19-38/h3-5,9-10,12-15,21-22,34H,2,6-8,11,16-20H2,1H3,(H,36,37)/b31-26-. The third-order valence-electron chi connectivity index (χ3n) is 7.34. The summed E-state index contributed by atoms with van der Waals surface area (Å²) in [4.78, 5) is 18.7. The molecule has 2 N–H and O–H groups in total. The molecule has 4 aromatic rings. The molecule has 208 valence electrons. The average Bonchev–Trinajstić information content (AvgIpc) is 3.67. The van der Waals surface area contributed by atoms with Gasteiger partial charge in [-0.3, -0.25) is 9.89 Å². The van der Waals surface area contributed by atoms with Crippen molar-refractivity contribution in [3.63, 3.8) is 0 Å². The monoisotopic (exact) mass is 541 g/mol. The highest BCUT2D eigenvalue weighted by molar-refractivity contribution is 6.00. The largest absolute Gasteiger partial charge is 0.476 e. The zero-order chi connectivity index (χ0) is 27.7. The van der Waals surface area contributed by atoms with Crippen molar-refractivity contribution in [3.8, 4) is 5.88 Å². The van der Waals surface area contributed by atoms with Gasteiger partial charge in [0.25, 0.3) is 0 Å². The predicted octanol–water partition coefficient (Wildman–Crippen LogP) is 5.84. The molecule has 0 atom stereocenters. The fraction of sp³-hybridized carbons (Fsp3) is 0.344. The molecule has 8 heteroatoms. The fourth-order valence-corrected chi connectivity index (χ4v) is 5.27. The molecule has 1 aliphatic heterocycles. The van der Waals surface area contributed by atoms with Crippen molar-refractivity contribution in [2.45, 2.75) is 39.0 Å². The number of fused-ring (bicyclic) bond motifs is 1. The van der Waals surface area contributed by atoms with Gasteiger partial charge in [0.1, 0.15) is 6.61 Å². The van der Waals surface area contributed by atoms with E-state index in [2.05, 4.69) is 39.6 Å². The Hall–Kier alpha value is -4.04. The summed E-state index contributed by atoms with van der Waals surface area (Å²) in [6.07, 6.45) is 6.28. The van der Waals surface area contributed by atoms with Gasteiger partial charge in [-0.05, 0) is 72.7 Å². The SMILES string of the molecule is CC/C(=C(/c1ccc(OCCNCCCC(=O)N2CCCC2)nc1)c1ccc2[nH]nc(F)c2c1)c1ccccc1. The van der Waals surface area contributed by atoms with E-state index in [0.29, 0.717) is 36.4 Å². The zero-order valence-electron chi connectivity index (χ0n) is 23.0. The van der Waals surface area contributed by atoms with E-state index in [9.17, 15) is 9.18 Å². The van der Waals surface area contributed by atoms with Crippen molar-refractivity contribution < 1.29 is 13.9 Å². The fourth-order valence-electron chi connectivity index (χ4n) is 5.27. The van der Waals surface area contributed by atoms with Crippen molar-refractivity contribution in [3.05, 3.63) is 89.5 Å². The first-order valence-electron chi connectivity index (χ1n) is 14.1. The van der Waals surface area contributed by atoms with Crippen LogP contribution in [0.3, 0.4) is 0 Å². The summed E-state index contributed by atoms with van der Waals surface area (Å²) in [5.74, 6) is 0.299. The number of carbonyl (C=O) groups excluding carboxylic acids is 1. The van der Waals surface area contributed by atoms with Crippen LogP contribution in [0, 0.1) is 5.95 Å². The second kappa shape index (κ2) is 13.3. The number of rotatable bonds is 12. The molecule has 7 nitrogen and oxygen atoms in total. The van der Waals surface area contributed by atoms with Gasteiger partial charge in [0, 0.05) is 43.9 Å². The summed E-state index contributed by atoms with van der Waals surface area (Å²) < 4.78 is 20.2. The number of likely N-dealkylation sites (tertiary alicyclic amines) is 1. The minimum Gasteiger partial charge on any atom is -0.476 e. The number of hydrogen-bond acceptors (Lipinski definition) is 5. The lowest BCUT2D eigenvalue weighted by Gasteiger charge is -2.17. The number of ether oxygens (including phenoxy) is 1. The molecule has 1 amide bonds. The first-order valence-corrected chi connectivity index (χ1v) is 14.1. The number of aromatic nitrogens is 3. The van der Waals surface area contributed by atoms with Crippen molar-refractivity contribution in [2.75, 3.05) is 32.8 Å². The maximum absolute atomic E-state index is 14.4. The Kier molecular flexibility index (Phi) is 9.18. The second-order valence-electron chi connectivity index (χ2n) is 10.0. The van der Waals surface area contributed by atoms with Crippen molar-refractivity contribution in [1.82, 2.24) is 25.4 Å². The molecule has 0 aliphatic carbocycles. The first kappa shape index (κ1) is 27.5. The average molecular weight is 542 g/mol. The van der Waals surface area contributed by atoms with E-state index in [1.54, 1.807) is 0 Å². The van der Waals surface area contributed by atoms with Gasteiger partial charge in [-0.15, -0.1) is 5.10 Å². The molecule has 1 saturated heterocycles. The zero-order valence-corrected chi connectivity index (χ0v) is 23.0. The first-order chi connectivity index (χ1) is 19.6. The molecule has 5 rings (SSSR count). The van der Waals surface area contributed by atoms with Crippen LogP contribution in [-0.4, -0.2) is 58.8 Å². The molecular formula is C32H36FN5O2. The lowest BCUT2D eigenvalue weighted by Crippen LogP contribution is -2.29. The van der Waals surface area contributed by atoms with E-state index in [4.69, 9.17) is 4.74 Å².